The zero-order valence-corrected chi connectivity index (χ0v) is 18.0. The molecule has 0 aliphatic rings. The fourth-order valence-electron chi connectivity index (χ4n) is 3.26. The molecule has 0 saturated heterocycles. The molecule has 7 heteroatoms. The minimum Gasteiger partial charge on any atom is -0.496 e. The normalized spacial score (nSPS) is 11.7. The van der Waals surface area contributed by atoms with Crippen LogP contribution in [0.4, 0.5) is 0 Å². The van der Waals surface area contributed by atoms with Crippen LogP contribution in [0.15, 0.2) is 95.2 Å². The molecule has 6 nitrogen and oxygen atoms in total. The van der Waals surface area contributed by atoms with Crippen LogP contribution in [0.2, 0.25) is 0 Å². The Hall–Kier alpha value is -3.58. The summed E-state index contributed by atoms with van der Waals surface area (Å²) in [4.78, 5) is 22.9. The van der Waals surface area contributed by atoms with Crippen molar-refractivity contribution in [3.63, 3.8) is 0 Å². The Morgan fingerprint density at radius 2 is 1.77 bits per heavy atom. The summed E-state index contributed by atoms with van der Waals surface area (Å²) in [6.45, 7) is 0. The first-order valence-corrected chi connectivity index (χ1v) is 10.6. The summed E-state index contributed by atoms with van der Waals surface area (Å²) < 4.78 is 7.42. The Labute approximate surface area is 185 Å². The number of rotatable bonds is 7. The molecule has 0 fully saturated rings. The SMILES string of the molecule is COc1ccccc1[C@@H](NC(=O)c1ccc(Sc2ccccn2)cc1)c1nccn1C. The second-order valence-corrected chi connectivity index (χ2v) is 7.93. The van der Waals surface area contributed by atoms with E-state index in [1.807, 2.05) is 84.5 Å². The summed E-state index contributed by atoms with van der Waals surface area (Å²) in [6, 6.07) is 20.5. The van der Waals surface area contributed by atoms with Gasteiger partial charge in [-0.3, -0.25) is 4.79 Å². The zero-order valence-electron chi connectivity index (χ0n) is 17.2. The molecule has 31 heavy (non-hydrogen) atoms. The van der Waals surface area contributed by atoms with E-state index in [-0.39, 0.29) is 5.91 Å². The number of imidazole rings is 1. The van der Waals surface area contributed by atoms with Gasteiger partial charge in [0.25, 0.3) is 5.91 Å². The number of nitrogens with zero attached hydrogens (tertiary/aromatic N) is 3. The molecule has 0 aliphatic carbocycles. The number of carbonyl (C=O) groups is 1. The third-order valence-corrected chi connectivity index (χ3v) is 5.78. The van der Waals surface area contributed by atoms with E-state index < -0.39 is 6.04 Å². The van der Waals surface area contributed by atoms with Gasteiger partial charge in [0, 0.05) is 41.7 Å². The zero-order chi connectivity index (χ0) is 21.6. The number of nitrogens with one attached hydrogen (secondary N) is 1. The monoisotopic (exact) mass is 430 g/mol. The average Bonchev–Trinajstić information content (AvgIpc) is 3.24. The minimum absolute atomic E-state index is 0.187. The lowest BCUT2D eigenvalue weighted by Crippen LogP contribution is -2.31. The predicted octanol–water partition coefficient (Wildman–Crippen LogP) is 4.49. The smallest absolute Gasteiger partial charge is 0.252 e. The van der Waals surface area contributed by atoms with Crippen molar-refractivity contribution in [3.05, 3.63) is 102 Å². The molecule has 0 aliphatic heterocycles. The number of hydrogen-bond acceptors (Lipinski definition) is 5. The highest BCUT2D eigenvalue weighted by Gasteiger charge is 2.24. The molecule has 0 radical (unpaired) electrons. The van der Waals surface area contributed by atoms with Crippen molar-refractivity contribution in [1.82, 2.24) is 19.9 Å². The Balaban J connectivity index is 1.57. The van der Waals surface area contributed by atoms with Crippen LogP contribution in [0.1, 0.15) is 27.8 Å². The van der Waals surface area contributed by atoms with Crippen LogP contribution >= 0.6 is 11.8 Å². The van der Waals surface area contributed by atoms with Crippen molar-refractivity contribution in [1.29, 1.82) is 0 Å². The lowest BCUT2D eigenvalue weighted by Gasteiger charge is -2.21. The lowest BCUT2D eigenvalue weighted by atomic mass is 10.0. The molecule has 0 unspecified atom stereocenters. The molecule has 2 heterocycles. The quantitative estimate of drug-likeness (QED) is 0.468. The fourth-order valence-corrected chi connectivity index (χ4v) is 4.03. The molecule has 4 aromatic rings. The first-order valence-electron chi connectivity index (χ1n) is 9.75. The number of aryl methyl sites for hydroxylation is 1. The lowest BCUT2D eigenvalue weighted by molar-refractivity contribution is 0.0940. The van der Waals surface area contributed by atoms with Gasteiger partial charge >= 0.3 is 0 Å². The van der Waals surface area contributed by atoms with Crippen LogP contribution in [0.3, 0.4) is 0 Å². The maximum absolute atomic E-state index is 13.1. The number of methoxy groups -OCH3 is 1. The Morgan fingerprint density at radius 3 is 2.45 bits per heavy atom. The van der Waals surface area contributed by atoms with Crippen molar-refractivity contribution >= 4 is 17.7 Å². The third kappa shape index (κ3) is 4.78. The molecule has 4 rings (SSSR count). The summed E-state index contributed by atoms with van der Waals surface area (Å²) in [7, 11) is 3.52. The molecule has 2 aromatic carbocycles. The van der Waals surface area contributed by atoms with Crippen molar-refractivity contribution in [2.24, 2.45) is 7.05 Å². The summed E-state index contributed by atoms with van der Waals surface area (Å²) in [5.41, 5.74) is 1.41. The second kappa shape index (κ2) is 9.49. The van der Waals surface area contributed by atoms with Crippen LogP contribution < -0.4 is 10.1 Å². The van der Waals surface area contributed by atoms with E-state index >= 15 is 0 Å². The molecule has 0 bridgehead atoms. The number of carbonyl (C=O) groups excluding carboxylic acids is 1. The average molecular weight is 431 g/mol. The van der Waals surface area contributed by atoms with Crippen molar-refractivity contribution in [2.45, 2.75) is 16.0 Å². The van der Waals surface area contributed by atoms with Crippen LogP contribution in [-0.4, -0.2) is 27.6 Å². The van der Waals surface area contributed by atoms with E-state index in [9.17, 15) is 4.79 Å². The van der Waals surface area contributed by atoms with Gasteiger partial charge in [0.05, 0.1) is 7.11 Å². The van der Waals surface area contributed by atoms with Gasteiger partial charge in [-0.05, 0) is 42.5 Å². The van der Waals surface area contributed by atoms with E-state index in [2.05, 4.69) is 15.3 Å². The van der Waals surface area contributed by atoms with Gasteiger partial charge in [-0.15, -0.1) is 0 Å². The molecule has 0 spiro atoms. The highest BCUT2D eigenvalue weighted by Crippen LogP contribution is 2.30. The number of benzene rings is 2. The molecule has 2 aromatic heterocycles. The van der Waals surface area contributed by atoms with Crippen LogP contribution in [0.5, 0.6) is 5.75 Å². The summed E-state index contributed by atoms with van der Waals surface area (Å²) >= 11 is 1.55. The number of hydrogen-bond donors (Lipinski definition) is 1. The van der Waals surface area contributed by atoms with Crippen molar-refractivity contribution in [2.75, 3.05) is 7.11 Å². The van der Waals surface area contributed by atoms with Crippen LogP contribution in [0, 0.1) is 0 Å². The standard InChI is InChI=1S/C24H22N4O2S/c1-28-16-15-26-23(28)22(19-7-3-4-8-20(19)30-2)27-24(29)17-10-12-18(13-11-17)31-21-9-5-6-14-25-21/h3-16,22H,1-2H3,(H,27,29)/t22-/m1/s1. The number of amides is 1. The minimum atomic E-state index is -0.453. The van der Waals surface area contributed by atoms with Gasteiger partial charge in [-0.25, -0.2) is 9.97 Å². The van der Waals surface area contributed by atoms with Gasteiger partial charge in [0.1, 0.15) is 22.6 Å². The molecular weight excluding hydrogens is 408 g/mol. The Bertz CT molecular complexity index is 1160. The molecule has 1 amide bonds. The second-order valence-electron chi connectivity index (χ2n) is 6.84. The number of ether oxygens (including phenoxy) is 1. The number of para-hydroxylation sites is 1. The summed E-state index contributed by atoms with van der Waals surface area (Å²) in [5.74, 6) is 1.23. The molecule has 1 N–H and O–H groups in total. The highest BCUT2D eigenvalue weighted by atomic mass is 32.2. The third-order valence-electron chi connectivity index (χ3n) is 4.82. The maximum Gasteiger partial charge on any atom is 0.252 e. The van der Waals surface area contributed by atoms with Gasteiger partial charge in [0.2, 0.25) is 0 Å². The Kier molecular flexibility index (Phi) is 6.33. The fraction of sp³-hybridized carbons (Fsp3) is 0.125. The summed E-state index contributed by atoms with van der Waals surface area (Å²) in [5, 5.41) is 4.02. The number of pyridine rings is 1. The topological polar surface area (TPSA) is 69.0 Å². The predicted molar refractivity (Wildman–Crippen MR) is 120 cm³/mol. The van der Waals surface area contributed by atoms with Gasteiger partial charge in [-0.2, -0.15) is 0 Å². The summed E-state index contributed by atoms with van der Waals surface area (Å²) in [6.07, 6.45) is 5.33. The van der Waals surface area contributed by atoms with Crippen molar-refractivity contribution in [3.8, 4) is 5.75 Å². The molecular formula is C24H22N4O2S. The number of aromatic nitrogens is 3. The van der Waals surface area contributed by atoms with E-state index in [4.69, 9.17) is 4.74 Å². The first-order chi connectivity index (χ1) is 15.2. The molecule has 0 saturated carbocycles. The van der Waals surface area contributed by atoms with Crippen molar-refractivity contribution < 1.29 is 9.53 Å². The van der Waals surface area contributed by atoms with Gasteiger partial charge < -0.3 is 14.6 Å². The van der Waals surface area contributed by atoms with Gasteiger partial charge in [0.15, 0.2) is 0 Å². The highest BCUT2D eigenvalue weighted by molar-refractivity contribution is 7.99. The van der Waals surface area contributed by atoms with E-state index in [0.29, 0.717) is 11.3 Å². The van der Waals surface area contributed by atoms with E-state index in [1.54, 1.807) is 31.3 Å². The first kappa shape index (κ1) is 20.7. The van der Waals surface area contributed by atoms with Crippen LogP contribution in [0.25, 0.3) is 0 Å². The van der Waals surface area contributed by atoms with E-state index in [0.717, 1.165) is 21.3 Å². The largest absolute Gasteiger partial charge is 0.496 e. The molecule has 1 atom stereocenters. The van der Waals surface area contributed by atoms with E-state index in [1.165, 1.54) is 0 Å². The van der Waals surface area contributed by atoms with Gasteiger partial charge in [-0.1, -0.05) is 36.0 Å². The maximum atomic E-state index is 13.1. The Morgan fingerprint density at radius 1 is 1.00 bits per heavy atom. The molecule has 156 valence electrons. The van der Waals surface area contributed by atoms with Crippen LogP contribution in [-0.2, 0) is 7.05 Å².